The van der Waals surface area contributed by atoms with Crippen molar-refractivity contribution in [3.05, 3.63) is 35.7 Å². The zero-order valence-electron chi connectivity index (χ0n) is 15.1. The second-order valence-corrected chi connectivity index (χ2v) is 6.31. The average Bonchev–Trinajstić information content (AvgIpc) is 2.98. The van der Waals surface area contributed by atoms with Gasteiger partial charge in [-0.2, -0.15) is 5.10 Å². The van der Waals surface area contributed by atoms with E-state index < -0.39 is 0 Å². The number of hydrogen-bond donors (Lipinski definition) is 0. The van der Waals surface area contributed by atoms with Gasteiger partial charge in [0.25, 0.3) is 5.91 Å². The number of carbonyl (C=O) groups is 1. The van der Waals surface area contributed by atoms with Gasteiger partial charge < -0.3 is 9.64 Å². The fourth-order valence-electron chi connectivity index (χ4n) is 3.10. The minimum atomic E-state index is 0.0899. The van der Waals surface area contributed by atoms with Gasteiger partial charge in [0.1, 0.15) is 5.82 Å². The van der Waals surface area contributed by atoms with Gasteiger partial charge in [-0.25, -0.2) is 9.67 Å². The smallest absolute Gasteiger partial charge is 0.253 e. The number of aromatic nitrogens is 3. The highest BCUT2D eigenvalue weighted by molar-refractivity contribution is 5.94. The van der Waals surface area contributed by atoms with E-state index in [1.165, 1.54) is 0 Å². The molecule has 0 atom stereocenters. The highest BCUT2D eigenvalue weighted by atomic mass is 16.5. The molecule has 134 valence electrons. The van der Waals surface area contributed by atoms with Gasteiger partial charge in [-0.1, -0.05) is 12.1 Å². The predicted octanol–water partition coefficient (Wildman–Crippen LogP) is 1.19. The number of amides is 1. The van der Waals surface area contributed by atoms with Crippen molar-refractivity contribution in [3.8, 4) is 11.4 Å². The molecular formula is C18H25N5O2. The van der Waals surface area contributed by atoms with E-state index in [0.29, 0.717) is 5.56 Å². The van der Waals surface area contributed by atoms with Gasteiger partial charge >= 0.3 is 0 Å². The highest BCUT2D eigenvalue weighted by Crippen LogP contribution is 2.18. The Kier molecular flexibility index (Phi) is 5.45. The molecule has 25 heavy (non-hydrogen) atoms. The minimum Gasteiger partial charge on any atom is -0.383 e. The molecule has 2 aromatic rings. The summed E-state index contributed by atoms with van der Waals surface area (Å²) in [5, 5.41) is 4.26. The molecule has 0 aliphatic carbocycles. The van der Waals surface area contributed by atoms with Crippen LogP contribution in [0, 0.1) is 6.92 Å². The maximum Gasteiger partial charge on any atom is 0.253 e. The van der Waals surface area contributed by atoms with Crippen molar-refractivity contribution in [3.63, 3.8) is 0 Å². The van der Waals surface area contributed by atoms with Crippen LogP contribution in [0.5, 0.6) is 0 Å². The van der Waals surface area contributed by atoms with E-state index >= 15 is 0 Å². The van der Waals surface area contributed by atoms with Crippen molar-refractivity contribution in [2.45, 2.75) is 6.92 Å². The number of piperazine rings is 1. The van der Waals surface area contributed by atoms with E-state index in [0.717, 1.165) is 56.5 Å². The van der Waals surface area contributed by atoms with Crippen LogP contribution < -0.4 is 0 Å². The summed E-state index contributed by atoms with van der Waals surface area (Å²) in [6, 6.07) is 7.62. The first kappa shape index (κ1) is 17.6. The Labute approximate surface area is 148 Å². The Morgan fingerprint density at radius 1 is 1.16 bits per heavy atom. The molecule has 0 unspecified atom stereocenters. The molecule has 0 N–H and O–H groups in total. The molecule has 0 bridgehead atoms. The third-order valence-corrected chi connectivity index (χ3v) is 4.53. The van der Waals surface area contributed by atoms with Crippen LogP contribution in [0.3, 0.4) is 0 Å². The van der Waals surface area contributed by atoms with Gasteiger partial charge in [0.2, 0.25) is 0 Å². The van der Waals surface area contributed by atoms with Crippen LogP contribution >= 0.6 is 0 Å². The molecule has 1 amide bonds. The number of rotatable bonds is 5. The molecule has 1 aromatic heterocycles. The zero-order chi connectivity index (χ0) is 17.8. The van der Waals surface area contributed by atoms with Crippen LogP contribution in [0.2, 0.25) is 0 Å². The summed E-state index contributed by atoms with van der Waals surface area (Å²) >= 11 is 0. The monoisotopic (exact) mass is 343 g/mol. The van der Waals surface area contributed by atoms with Crippen LogP contribution in [0.15, 0.2) is 24.3 Å². The van der Waals surface area contributed by atoms with Crippen LogP contribution in [0.25, 0.3) is 11.4 Å². The van der Waals surface area contributed by atoms with Gasteiger partial charge in [-0.15, -0.1) is 0 Å². The summed E-state index contributed by atoms with van der Waals surface area (Å²) in [7, 11) is 3.59. The van der Waals surface area contributed by atoms with Crippen molar-refractivity contribution in [1.82, 2.24) is 24.6 Å². The first-order valence-corrected chi connectivity index (χ1v) is 8.57. The summed E-state index contributed by atoms with van der Waals surface area (Å²) in [4.78, 5) is 21.4. The average molecular weight is 343 g/mol. The van der Waals surface area contributed by atoms with Gasteiger partial charge in [0.05, 0.1) is 6.61 Å². The Hall–Kier alpha value is -2.25. The first-order valence-electron chi connectivity index (χ1n) is 8.57. The molecule has 2 heterocycles. The standard InChI is InChI=1S/C18H25N5O2/c1-14-19-17(21(2)20-14)15-4-6-16(7-5-15)18(24)23-10-8-22(9-11-23)12-13-25-3/h4-7H,8-13H2,1-3H3. The van der Waals surface area contributed by atoms with E-state index in [9.17, 15) is 4.79 Å². The van der Waals surface area contributed by atoms with Crippen LogP contribution in [0.4, 0.5) is 0 Å². The molecule has 0 saturated carbocycles. The Bertz CT molecular complexity index is 718. The molecule has 1 aliphatic rings. The van der Waals surface area contributed by atoms with Crippen molar-refractivity contribution >= 4 is 5.91 Å². The van der Waals surface area contributed by atoms with Gasteiger partial charge in [0.15, 0.2) is 5.82 Å². The van der Waals surface area contributed by atoms with E-state index in [2.05, 4.69) is 15.0 Å². The van der Waals surface area contributed by atoms with Gasteiger partial charge in [0, 0.05) is 58.0 Å². The zero-order valence-corrected chi connectivity index (χ0v) is 15.1. The molecule has 1 fully saturated rings. The topological polar surface area (TPSA) is 63.5 Å². The number of hydrogen-bond acceptors (Lipinski definition) is 5. The molecule has 0 spiro atoms. The van der Waals surface area contributed by atoms with Crippen molar-refractivity contribution in [2.24, 2.45) is 7.05 Å². The lowest BCUT2D eigenvalue weighted by molar-refractivity contribution is 0.0594. The lowest BCUT2D eigenvalue weighted by Crippen LogP contribution is -2.49. The lowest BCUT2D eigenvalue weighted by Gasteiger charge is -2.34. The van der Waals surface area contributed by atoms with Gasteiger partial charge in [-0.3, -0.25) is 9.69 Å². The fourth-order valence-corrected chi connectivity index (χ4v) is 3.10. The maximum absolute atomic E-state index is 12.7. The number of aryl methyl sites for hydroxylation is 2. The molecule has 1 aromatic carbocycles. The third kappa shape index (κ3) is 4.05. The summed E-state index contributed by atoms with van der Waals surface area (Å²) < 4.78 is 6.87. The molecule has 3 rings (SSSR count). The SMILES string of the molecule is COCCN1CCN(C(=O)c2ccc(-c3nc(C)nn3C)cc2)CC1. The third-order valence-electron chi connectivity index (χ3n) is 4.53. The maximum atomic E-state index is 12.7. The molecule has 1 aliphatic heterocycles. The largest absolute Gasteiger partial charge is 0.383 e. The van der Waals surface area contributed by atoms with E-state index in [4.69, 9.17) is 4.74 Å². The molecule has 7 nitrogen and oxygen atoms in total. The normalized spacial score (nSPS) is 15.6. The summed E-state index contributed by atoms with van der Waals surface area (Å²) in [6.45, 7) is 6.82. The summed E-state index contributed by atoms with van der Waals surface area (Å²) in [6.07, 6.45) is 0. The van der Waals surface area contributed by atoms with E-state index in [-0.39, 0.29) is 5.91 Å². The van der Waals surface area contributed by atoms with Crippen molar-refractivity contribution < 1.29 is 9.53 Å². The summed E-state index contributed by atoms with van der Waals surface area (Å²) in [5.41, 5.74) is 1.68. The van der Waals surface area contributed by atoms with Crippen molar-refractivity contribution in [1.29, 1.82) is 0 Å². The minimum absolute atomic E-state index is 0.0899. The quantitative estimate of drug-likeness (QED) is 0.816. The molecule has 1 saturated heterocycles. The second kappa shape index (κ2) is 7.76. The Balaban J connectivity index is 1.63. The Morgan fingerprint density at radius 2 is 1.84 bits per heavy atom. The second-order valence-electron chi connectivity index (χ2n) is 6.31. The lowest BCUT2D eigenvalue weighted by atomic mass is 10.1. The number of benzene rings is 1. The number of carbonyl (C=O) groups excluding carboxylic acids is 1. The molecular weight excluding hydrogens is 318 g/mol. The predicted molar refractivity (Wildman–Crippen MR) is 95.4 cm³/mol. The highest BCUT2D eigenvalue weighted by Gasteiger charge is 2.22. The number of ether oxygens (including phenoxy) is 1. The fraction of sp³-hybridized carbons (Fsp3) is 0.500. The number of nitrogens with zero attached hydrogens (tertiary/aromatic N) is 5. The van der Waals surface area contributed by atoms with Crippen LogP contribution in [-0.4, -0.2) is 76.9 Å². The van der Waals surface area contributed by atoms with E-state index in [1.54, 1.807) is 11.8 Å². The van der Waals surface area contributed by atoms with Gasteiger partial charge in [-0.05, 0) is 19.1 Å². The summed E-state index contributed by atoms with van der Waals surface area (Å²) in [5.74, 6) is 1.64. The first-order chi connectivity index (χ1) is 12.1. The Morgan fingerprint density at radius 3 is 2.40 bits per heavy atom. The van der Waals surface area contributed by atoms with Crippen LogP contribution in [-0.2, 0) is 11.8 Å². The van der Waals surface area contributed by atoms with E-state index in [1.807, 2.05) is 43.1 Å². The van der Waals surface area contributed by atoms with Crippen molar-refractivity contribution in [2.75, 3.05) is 46.4 Å². The molecule has 7 heteroatoms. The van der Waals surface area contributed by atoms with Crippen LogP contribution in [0.1, 0.15) is 16.2 Å². The molecule has 0 radical (unpaired) electrons. The number of methoxy groups -OCH3 is 1.